The molecule has 0 unspecified atom stereocenters. The smallest absolute Gasteiger partial charge is 0.327 e. The number of urea groups is 1. The summed E-state index contributed by atoms with van der Waals surface area (Å²) in [7, 11) is 0. The van der Waals surface area contributed by atoms with Gasteiger partial charge in [0.1, 0.15) is 12.1 Å². The number of ether oxygens (including phenoxy) is 1. The van der Waals surface area contributed by atoms with Gasteiger partial charge < -0.3 is 10.1 Å². The Bertz CT molecular complexity index is 635. The summed E-state index contributed by atoms with van der Waals surface area (Å²) in [5, 5.41) is 2.68. The minimum Gasteiger partial charge on any atom is -0.451 e. The van der Waals surface area contributed by atoms with Gasteiger partial charge in [0.25, 0.3) is 5.91 Å². The van der Waals surface area contributed by atoms with Crippen molar-refractivity contribution in [2.24, 2.45) is 0 Å². The summed E-state index contributed by atoms with van der Waals surface area (Å²) < 4.78 is 4.71. The minimum atomic E-state index is -1.15. The fourth-order valence-corrected chi connectivity index (χ4v) is 2.43. The van der Waals surface area contributed by atoms with Crippen molar-refractivity contribution in [1.82, 2.24) is 10.2 Å². The normalized spacial score (nSPS) is 20.5. The molecule has 3 amide bonds. The molecule has 1 aliphatic heterocycles. The molecule has 1 aromatic rings. The van der Waals surface area contributed by atoms with Crippen LogP contribution in [0.25, 0.3) is 0 Å². The van der Waals surface area contributed by atoms with E-state index in [2.05, 4.69) is 11.2 Å². The molecule has 1 heterocycles. The maximum atomic E-state index is 12.7. The first-order valence-corrected chi connectivity index (χ1v) is 6.84. The molecule has 0 aromatic heterocycles. The average Bonchev–Trinajstić information content (AvgIpc) is 2.79. The van der Waals surface area contributed by atoms with Crippen LogP contribution in [0.1, 0.15) is 18.9 Å². The van der Waals surface area contributed by atoms with Crippen LogP contribution in [0.3, 0.4) is 0 Å². The van der Waals surface area contributed by atoms with Crippen LogP contribution in [-0.4, -0.2) is 36.0 Å². The second-order valence-electron chi connectivity index (χ2n) is 4.81. The van der Waals surface area contributed by atoms with E-state index in [-0.39, 0.29) is 6.61 Å². The molecule has 2 rings (SSSR count). The summed E-state index contributed by atoms with van der Waals surface area (Å²) in [5.74, 6) is 0.963. The standard InChI is InChI=1S/C16H16N2O4/c1-3-10-22-13(19)11-18-14(20)16(4-2,17-15(18)21)12-8-6-5-7-9-12/h1,5-9H,4,10-11H2,2H3,(H,17,21)/t16-/m1/s1. The monoisotopic (exact) mass is 300 g/mol. The lowest BCUT2D eigenvalue weighted by atomic mass is 9.87. The molecule has 6 heteroatoms. The number of hydrogen-bond acceptors (Lipinski definition) is 4. The average molecular weight is 300 g/mol. The Labute approximate surface area is 128 Å². The fourth-order valence-electron chi connectivity index (χ4n) is 2.43. The van der Waals surface area contributed by atoms with E-state index in [4.69, 9.17) is 11.2 Å². The molecule has 1 aromatic carbocycles. The number of benzene rings is 1. The highest BCUT2D eigenvalue weighted by Crippen LogP contribution is 2.32. The number of terminal acetylenes is 1. The zero-order valence-electron chi connectivity index (χ0n) is 12.2. The quantitative estimate of drug-likeness (QED) is 0.500. The van der Waals surface area contributed by atoms with E-state index in [1.165, 1.54) is 0 Å². The lowest BCUT2D eigenvalue weighted by Gasteiger charge is -2.25. The lowest BCUT2D eigenvalue weighted by Crippen LogP contribution is -2.44. The Morgan fingerprint density at radius 3 is 2.64 bits per heavy atom. The van der Waals surface area contributed by atoms with E-state index in [0.29, 0.717) is 12.0 Å². The highest BCUT2D eigenvalue weighted by Gasteiger charge is 2.51. The molecule has 1 saturated heterocycles. The first-order chi connectivity index (χ1) is 10.5. The Morgan fingerprint density at radius 1 is 1.36 bits per heavy atom. The summed E-state index contributed by atoms with van der Waals surface area (Å²) in [6, 6.07) is 8.31. The molecule has 1 atom stereocenters. The molecule has 0 bridgehead atoms. The van der Waals surface area contributed by atoms with E-state index in [9.17, 15) is 14.4 Å². The molecule has 0 aliphatic carbocycles. The van der Waals surface area contributed by atoms with Gasteiger partial charge in [0.15, 0.2) is 6.61 Å². The zero-order valence-corrected chi connectivity index (χ0v) is 12.2. The highest BCUT2D eigenvalue weighted by atomic mass is 16.5. The van der Waals surface area contributed by atoms with Crippen molar-refractivity contribution in [3.8, 4) is 12.3 Å². The number of nitrogens with one attached hydrogen (secondary N) is 1. The zero-order chi connectivity index (χ0) is 16.2. The van der Waals surface area contributed by atoms with Crippen molar-refractivity contribution in [3.63, 3.8) is 0 Å². The van der Waals surface area contributed by atoms with Crippen molar-refractivity contribution in [1.29, 1.82) is 0 Å². The van der Waals surface area contributed by atoms with E-state index in [1.807, 2.05) is 6.07 Å². The van der Waals surface area contributed by atoms with Gasteiger partial charge in [-0.15, -0.1) is 6.42 Å². The van der Waals surface area contributed by atoms with Gasteiger partial charge in [-0.05, 0) is 12.0 Å². The molecular weight excluding hydrogens is 284 g/mol. The van der Waals surface area contributed by atoms with Crippen molar-refractivity contribution < 1.29 is 19.1 Å². The van der Waals surface area contributed by atoms with Crippen molar-refractivity contribution >= 4 is 17.9 Å². The number of carbonyl (C=O) groups excluding carboxylic acids is 3. The Morgan fingerprint density at radius 2 is 2.05 bits per heavy atom. The van der Waals surface area contributed by atoms with E-state index >= 15 is 0 Å². The van der Waals surface area contributed by atoms with Gasteiger partial charge in [-0.2, -0.15) is 0 Å². The first-order valence-electron chi connectivity index (χ1n) is 6.84. The Kier molecular flexibility index (Phi) is 4.47. The Hall–Kier alpha value is -2.81. The molecule has 0 saturated carbocycles. The van der Waals surface area contributed by atoms with Crippen molar-refractivity contribution in [3.05, 3.63) is 35.9 Å². The van der Waals surface area contributed by atoms with Gasteiger partial charge >= 0.3 is 12.0 Å². The SMILES string of the molecule is C#CCOC(=O)CN1C(=O)N[C@](CC)(c2ccccc2)C1=O. The molecule has 1 fully saturated rings. The van der Waals surface area contributed by atoms with Crippen LogP contribution in [-0.2, 0) is 19.9 Å². The molecule has 114 valence electrons. The van der Waals surface area contributed by atoms with Crippen LogP contribution < -0.4 is 5.32 Å². The third kappa shape index (κ3) is 2.66. The van der Waals surface area contributed by atoms with E-state index in [0.717, 1.165) is 4.90 Å². The molecule has 1 N–H and O–H groups in total. The maximum absolute atomic E-state index is 12.7. The van der Waals surface area contributed by atoms with Gasteiger partial charge in [0.2, 0.25) is 0 Å². The number of amides is 3. The van der Waals surface area contributed by atoms with Gasteiger partial charge in [-0.25, -0.2) is 4.79 Å². The van der Waals surface area contributed by atoms with Crippen molar-refractivity contribution in [2.45, 2.75) is 18.9 Å². The van der Waals surface area contributed by atoms with Crippen LogP contribution in [0.2, 0.25) is 0 Å². The van der Waals surface area contributed by atoms with Crippen LogP contribution >= 0.6 is 0 Å². The molecular formula is C16H16N2O4. The number of esters is 1. The fraction of sp³-hybridized carbons (Fsp3) is 0.312. The second-order valence-corrected chi connectivity index (χ2v) is 4.81. The van der Waals surface area contributed by atoms with Crippen molar-refractivity contribution in [2.75, 3.05) is 13.2 Å². The van der Waals surface area contributed by atoms with Crippen LogP contribution in [0.15, 0.2) is 30.3 Å². The van der Waals surface area contributed by atoms with Gasteiger partial charge in [0, 0.05) is 0 Å². The lowest BCUT2D eigenvalue weighted by molar-refractivity contribution is -0.146. The third-order valence-electron chi connectivity index (χ3n) is 3.58. The summed E-state index contributed by atoms with van der Waals surface area (Å²) >= 11 is 0. The van der Waals surface area contributed by atoms with Crippen LogP contribution in [0.5, 0.6) is 0 Å². The van der Waals surface area contributed by atoms with E-state index < -0.39 is 30.0 Å². The number of nitrogens with zero attached hydrogens (tertiary/aromatic N) is 1. The summed E-state index contributed by atoms with van der Waals surface area (Å²) in [6.45, 7) is 1.15. The third-order valence-corrected chi connectivity index (χ3v) is 3.58. The topological polar surface area (TPSA) is 75.7 Å². The van der Waals surface area contributed by atoms with Gasteiger partial charge in [0.05, 0.1) is 0 Å². The number of hydrogen-bond donors (Lipinski definition) is 1. The predicted octanol–water partition coefficient (Wildman–Crippen LogP) is 1.02. The molecule has 0 spiro atoms. The van der Waals surface area contributed by atoms with Crippen LogP contribution in [0, 0.1) is 12.3 Å². The van der Waals surface area contributed by atoms with Gasteiger partial charge in [-0.1, -0.05) is 43.2 Å². The summed E-state index contributed by atoms with van der Waals surface area (Å²) in [5.41, 5.74) is -0.472. The summed E-state index contributed by atoms with van der Waals surface area (Å²) in [4.78, 5) is 37.2. The molecule has 1 aliphatic rings. The first kappa shape index (κ1) is 15.6. The number of carbonyl (C=O) groups is 3. The number of rotatable bonds is 5. The molecule has 22 heavy (non-hydrogen) atoms. The number of imide groups is 1. The van der Waals surface area contributed by atoms with Crippen LogP contribution in [0.4, 0.5) is 4.79 Å². The minimum absolute atomic E-state index is 0.194. The molecule has 0 radical (unpaired) electrons. The van der Waals surface area contributed by atoms with E-state index in [1.54, 1.807) is 31.2 Å². The second kappa shape index (κ2) is 6.31. The Balaban J connectivity index is 2.24. The maximum Gasteiger partial charge on any atom is 0.327 e. The largest absolute Gasteiger partial charge is 0.451 e. The predicted molar refractivity (Wildman–Crippen MR) is 78.4 cm³/mol. The highest BCUT2D eigenvalue weighted by molar-refractivity contribution is 6.09. The summed E-state index contributed by atoms with van der Waals surface area (Å²) in [6.07, 6.45) is 5.37. The van der Waals surface area contributed by atoms with Gasteiger partial charge in [-0.3, -0.25) is 14.5 Å². The molecule has 6 nitrogen and oxygen atoms in total.